The average Bonchev–Trinajstić information content (AvgIpc) is 2.55. The van der Waals surface area contributed by atoms with E-state index in [2.05, 4.69) is 6.92 Å². The molecule has 0 saturated heterocycles. The number of aromatic hydroxyl groups is 1. The first kappa shape index (κ1) is 16.9. The lowest BCUT2D eigenvalue weighted by Crippen LogP contribution is -2.00. The van der Waals surface area contributed by atoms with Crippen LogP contribution in [0.1, 0.15) is 43.0 Å². The fraction of sp³-hybridized carbons (Fsp3) is 0.316. The number of rotatable bonds is 8. The summed E-state index contributed by atoms with van der Waals surface area (Å²) in [6.07, 6.45) is 4.62. The van der Waals surface area contributed by atoms with Crippen LogP contribution in [0, 0.1) is 0 Å². The molecule has 4 heteroatoms. The predicted octanol–water partition coefficient (Wildman–Crippen LogP) is 4.72. The molecule has 2 N–H and O–H groups in total. The first-order valence-corrected chi connectivity index (χ1v) is 7.91. The van der Waals surface area contributed by atoms with Crippen LogP contribution in [0.3, 0.4) is 0 Å². The summed E-state index contributed by atoms with van der Waals surface area (Å²) in [5.74, 6) is -0.209. The first-order chi connectivity index (χ1) is 11.1. The third kappa shape index (κ3) is 4.74. The second kappa shape index (κ2) is 8.22. The van der Waals surface area contributed by atoms with Gasteiger partial charge in [0.2, 0.25) is 0 Å². The fourth-order valence-corrected chi connectivity index (χ4v) is 2.41. The molecule has 122 valence electrons. The Labute approximate surface area is 136 Å². The van der Waals surface area contributed by atoms with Crippen LogP contribution >= 0.6 is 0 Å². The molecule has 0 aliphatic carbocycles. The summed E-state index contributed by atoms with van der Waals surface area (Å²) in [5, 5.41) is 18.9. The largest absolute Gasteiger partial charge is 0.508 e. The van der Waals surface area contributed by atoms with Gasteiger partial charge < -0.3 is 14.9 Å². The van der Waals surface area contributed by atoms with E-state index in [1.807, 2.05) is 24.3 Å². The van der Waals surface area contributed by atoms with Crippen LogP contribution in [-0.4, -0.2) is 22.8 Å². The minimum absolute atomic E-state index is 0.0428. The van der Waals surface area contributed by atoms with Crippen LogP contribution in [-0.2, 0) is 0 Å². The van der Waals surface area contributed by atoms with Gasteiger partial charge in [-0.1, -0.05) is 38.3 Å². The number of phenolic OH excluding ortho intramolecular Hbond substituents is 1. The van der Waals surface area contributed by atoms with Gasteiger partial charge in [0, 0.05) is 0 Å². The molecule has 0 aliphatic heterocycles. The van der Waals surface area contributed by atoms with E-state index in [4.69, 9.17) is 4.74 Å². The average molecular weight is 314 g/mol. The molecule has 2 rings (SSSR count). The van der Waals surface area contributed by atoms with Crippen molar-refractivity contribution in [3.05, 3.63) is 48.0 Å². The number of hydrogen-bond donors (Lipinski definition) is 2. The highest BCUT2D eigenvalue weighted by molar-refractivity contribution is 5.96. The van der Waals surface area contributed by atoms with E-state index in [0.717, 1.165) is 17.7 Å². The van der Waals surface area contributed by atoms with Crippen molar-refractivity contribution in [2.45, 2.75) is 32.6 Å². The van der Waals surface area contributed by atoms with Crippen molar-refractivity contribution in [1.82, 2.24) is 0 Å². The normalized spacial score (nSPS) is 10.5. The van der Waals surface area contributed by atoms with E-state index in [1.165, 1.54) is 37.5 Å². The number of ether oxygens (including phenoxy) is 1. The maximum absolute atomic E-state index is 11.3. The molecule has 0 bridgehead atoms. The first-order valence-electron chi connectivity index (χ1n) is 7.91. The number of hydrogen-bond acceptors (Lipinski definition) is 3. The molecule has 2 aromatic rings. The maximum atomic E-state index is 11.3. The Morgan fingerprint density at radius 1 is 1.04 bits per heavy atom. The molecular weight excluding hydrogens is 292 g/mol. The minimum Gasteiger partial charge on any atom is -0.508 e. The minimum atomic E-state index is -1.02. The fourth-order valence-electron chi connectivity index (χ4n) is 2.41. The van der Waals surface area contributed by atoms with E-state index in [9.17, 15) is 15.0 Å². The van der Waals surface area contributed by atoms with Gasteiger partial charge in [-0.15, -0.1) is 0 Å². The third-order valence-electron chi connectivity index (χ3n) is 3.67. The van der Waals surface area contributed by atoms with Crippen molar-refractivity contribution >= 4 is 5.97 Å². The summed E-state index contributed by atoms with van der Waals surface area (Å²) >= 11 is 0. The summed E-state index contributed by atoms with van der Waals surface area (Å²) < 4.78 is 5.68. The monoisotopic (exact) mass is 314 g/mol. The Kier molecular flexibility index (Phi) is 6.03. The Hall–Kier alpha value is -2.49. The smallest absolute Gasteiger partial charge is 0.336 e. The molecule has 0 fully saturated rings. The van der Waals surface area contributed by atoms with E-state index in [-0.39, 0.29) is 11.3 Å². The number of carboxylic acids is 1. The Balaban J connectivity index is 2.08. The molecular formula is C19H22O4. The number of carbonyl (C=O) groups is 1. The zero-order chi connectivity index (χ0) is 16.7. The SMILES string of the molecule is CCCCCCOc1ccc(-c2cc(O)ccc2C(=O)O)cc1. The van der Waals surface area contributed by atoms with Gasteiger partial charge in [-0.05, 0) is 47.9 Å². The Morgan fingerprint density at radius 2 is 1.78 bits per heavy atom. The van der Waals surface area contributed by atoms with E-state index in [0.29, 0.717) is 12.2 Å². The maximum Gasteiger partial charge on any atom is 0.336 e. The number of aromatic carboxylic acids is 1. The van der Waals surface area contributed by atoms with Crippen LogP contribution in [0.4, 0.5) is 0 Å². The van der Waals surface area contributed by atoms with Crippen molar-refractivity contribution in [2.75, 3.05) is 6.61 Å². The number of carboxylic acid groups (broad SMARTS) is 1. The Bertz CT molecular complexity index is 647. The van der Waals surface area contributed by atoms with Crippen molar-refractivity contribution in [3.63, 3.8) is 0 Å². The zero-order valence-electron chi connectivity index (χ0n) is 13.3. The zero-order valence-corrected chi connectivity index (χ0v) is 13.3. The molecule has 0 unspecified atom stereocenters. The predicted molar refractivity (Wildman–Crippen MR) is 90.1 cm³/mol. The highest BCUT2D eigenvalue weighted by atomic mass is 16.5. The molecule has 4 nitrogen and oxygen atoms in total. The number of unbranched alkanes of at least 4 members (excludes halogenated alkanes) is 3. The molecule has 0 aromatic heterocycles. The van der Waals surface area contributed by atoms with Gasteiger partial charge in [0.25, 0.3) is 0 Å². The molecule has 2 aromatic carbocycles. The van der Waals surface area contributed by atoms with E-state index >= 15 is 0 Å². The second-order valence-electron chi connectivity index (χ2n) is 5.47. The molecule has 0 heterocycles. The molecule has 0 saturated carbocycles. The summed E-state index contributed by atoms with van der Waals surface area (Å²) in [7, 11) is 0. The van der Waals surface area contributed by atoms with Gasteiger partial charge >= 0.3 is 5.97 Å². The van der Waals surface area contributed by atoms with Gasteiger partial charge in [-0.25, -0.2) is 4.79 Å². The molecule has 0 atom stereocenters. The summed E-state index contributed by atoms with van der Waals surface area (Å²) in [6.45, 7) is 2.86. The molecule has 0 radical (unpaired) electrons. The van der Waals surface area contributed by atoms with Gasteiger partial charge in [0.15, 0.2) is 0 Å². The Morgan fingerprint density at radius 3 is 2.43 bits per heavy atom. The van der Waals surface area contributed by atoms with Gasteiger partial charge in [0.05, 0.1) is 12.2 Å². The summed E-state index contributed by atoms with van der Waals surface area (Å²) in [6, 6.07) is 11.5. The van der Waals surface area contributed by atoms with Gasteiger partial charge in [0.1, 0.15) is 11.5 Å². The van der Waals surface area contributed by atoms with Crippen LogP contribution in [0.25, 0.3) is 11.1 Å². The lowest BCUT2D eigenvalue weighted by atomic mass is 9.99. The van der Waals surface area contributed by atoms with Crippen LogP contribution in [0.15, 0.2) is 42.5 Å². The number of benzene rings is 2. The molecule has 0 amide bonds. The lowest BCUT2D eigenvalue weighted by molar-refractivity contribution is 0.0697. The molecule has 0 aliphatic rings. The highest BCUT2D eigenvalue weighted by Crippen LogP contribution is 2.29. The molecule has 23 heavy (non-hydrogen) atoms. The number of phenols is 1. The van der Waals surface area contributed by atoms with Crippen molar-refractivity contribution in [1.29, 1.82) is 0 Å². The summed E-state index contributed by atoms with van der Waals surface area (Å²) in [5.41, 5.74) is 1.39. The highest BCUT2D eigenvalue weighted by Gasteiger charge is 2.12. The van der Waals surface area contributed by atoms with Crippen LogP contribution in [0.2, 0.25) is 0 Å². The van der Waals surface area contributed by atoms with Crippen molar-refractivity contribution in [2.24, 2.45) is 0 Å². The summed E-state index contributed by atoms with van der Waals surface area (Å²) in [4.78, 5) is 11.3. The third-order valence-corrected chi connectivity index (χ3v) is 3.67. The molecule has 0 spiro atoms. The van der Waals surface area contributed by atoms with Crippen LogP contribution in [0.5, 0.6) is 11.5 Å². The van der Waals surface area contributed by atoms with Crippen LogP contribution < -0.4 is 4.74 Å². The van der Waals surface area contributed by atoms with E-state index < -0.39 is 5.97 Å². The standard InChI is InChI=1S/C19H22O4/c1-2-3-4-5-12-23-16-9-6-14(7-10-16)18-13-15(20)8-11-17(18)19(21)22/h6-11,13,20H,2-5,12H2,1H3,(H,21,22). The topological polar surface area (TPSA) is 66.8 Å². The lowest BCUT2D eigenvalue weighted by Gasteiger charge is -2.09. The van der Waals surface area contributed by atoms with Crippen molar-refractivity contribution in [3.8, 4) is 22.6 Å². The second-order valence-corrected chi connectivity index (χ2v) is 5.47. The van der Waals surface area contributed by atoms with E-state index in [1.54, 1.807) is 0 Å². The quantitative estimate of drug-likeness (QED) is 0.692. The van der Waals surface area contributed by atoms with Crippen molar-refractivity contribution < 1.29 is 19.7 Å². The van der Waals surface area contributed by atoms with Gasteiger partial charge in [-0.3, -0.25) is 0 Å². The van der Waals surface area contributed by atoms with Gasteiger partial charge in [-0.2, -0.15) is 0 Å².